The lowest BCUT2D eigenvalue weighted by molar-refractivity contribution is -0.140. The summed E-state index contributed by atoms with van der Waals surface area (Å²) in [6.07, 6.45) is 7.23. The van der Waals surface area contributed by atoms with Crippen LogP contribution in [0.2, 0.25) is 0 Å². The van der Waals surface area contributed by atoms with Crippen molar-refractivity contribution in [2.24, 2.45) is 0 Å². The number of carbonyl (C=O) groups excluding carboxylic acids is 2. The summed E-state index contributed by atoms with van der Waals surface area (Å²) in [5.74, 6) is 0.722. The molecule has 1 atom stereocenters. The number of hydrogen-bond acceptors (Lipinski definition) is 7. The fourth-order valence-electron chi connectivity index (χ4n) is 3.15. The number of rotatable bonds is 8. The summed E-state index contributed by atoms with van der Waals surface area (Å²) in [7, 11) is 0. The van der Waals surface area contributed by atoms with E-state index in [4.69, 9.17) is 13.9 Å². The summed E-state index contributed by atoms with van der Waals surface area (Å²) in [5, 5.41) is 6.67. The largest absolute Gasteiger partial charge is 0.491 e. The van der Waals surface area contributed by atoms with E-state index in [-0.39, 0.29) is 24.5 Å². The first-order valence-electron chi connectivity index (χ1n) is 10.1. The van der Waals surface area contributed by atoms with Gasteiger partial charge in [0.1, 0.15) is 36.9 Å². The van der Waals surface area contributed by atoms with Crippen molar-refractivity contribution in [1.82, 2.24) is 25.0 Å². The highest BCUT2D eigenvalue weighted by molar-refractivity contribution is 5.94. The van der Waals surface area contributed by atoms with Crippen LogP contribution in [-0.4, -0.2) is 70.4 Å². The van der Waals surface area contributed by atoms with Crippen molar-refractivity contribution >= 4 is 17.9 Å². The molecule has 10 heteroatoms. The average Bonchev–Trinajstić information content (AvgIpc) is 3.55. The van der Waals surface area contributed by atoms with E-state index in [0.29, 0.717) is 37.8 Å². The SMILES string of the molecule is O=C(C=Cc1ccco1)NCC(=O)N1CCOC(COc2ccc(-n3cncn3)cc2)C1. The molecule has 166 valence electrons. The Morgan fingerprint density at radius 3 is 2.88 bits per heavy atom. The van der Waals surface area contributed by atoms with Crippen LogP contribution in [-0.2, 0) is 14.3 Å². The van der Waals surface area contributed by atoms with Crippen molar-refractivity contribution in [1.29, 1.82) is 0 Å². The standard InChI is InChI=1S/C22H23N5O5/c28-21(8-7-18-2-1-10-30-18)24-12-22(29)26-9-11-31-20(13-26)14-32-19-5-3-17(4-6-19)27-16-23-15-25-27/h1-8,10,15-16,20H,9,11-14H2,(H,24,28). The van der Waals surface area contributed by atoms with Gasteiger partial charge < -0.3 is 24.1 Å². The maximum Gasteiger partial charge on any atom is 0.244 e. The van der Waals surface area contributed by atoms with Gasteiger partial charge in [-0.3, -0.25) is 9.59 Å². The maximum atomic E-state index is 12.5. The zero-order valence-electron chi connectivity index (χ0n) is 17.3. The first kappa shape index (κ1) is 21.3. The lowest BCUT2D eigenvalue weighted by Gasteiger charge is -2.32. The molecule has 32 heavy (non-hydrogen) atoms. The average molecular weight is 437 g/mol. The van der Waals surface area contributed by atoms with Crippen LogP contribution in [0, 0.1) is 0 Å². The Labute approximate surface area is 184 Å². The molecule has 2 amide bonds. The minimum Gasteiger partial charge on any atom is -0.491 e. The van der Waals surface area contributed by atoms with Gasteiger partial charge in [0.2, 0.25) is 11.8 Å². The summed E-state index contributed by atoms with van der Waals surface area (Å²) in [6.45, 7) is 1.51. The predicted molar refractivity (Wildman–Crippen MR) is 114 cm³/mol. The number of amides is 2. The van der Waals surface area contributed by atoms with Gasteiger partial charge in [0, 0.05) is 12.6 Å². The molecule has 0 spiro atoms. The third-order valence-corrected chi connectivity index (χ3v) is 4.80. The maximum absolute atomic E-state index is 12.5. The second kappa shape index (κ2) is 10.4. The van der Waals surface area contributed by atoms with Crippen LogP contribution in [0.15, 0.2) is 65.8 Å². The molecule has 1 aromatic carbocycles. The van der Waals surface area contributed by atoms with Gasteiger partial charge in [-0.25, -0.2) is 9.67 Å². The van der Waals surface area contributed by atoms with Crippen molar-refractivity contribution in [2.75, 3.05) is 32.8 Å². The molecule has 2 aromatic heterocycles. The van der Waals surface area contributed by atoms with Gasteiger partial charge in [0.05, 0.1) is 31.6 Å². The Kier molecular flexibility index (Phi) is 6.93. The Hall–Kier alpha value is -3.92. The number of morpholine rings is 1. The number of furan rings is 1. The molecule has 1 aliphatic rings. The summed E-state index contributed by atoms with van der Waals surface area (Å²) in [5.41, 5.74) is 0.876. The van der Waals surface area contributed by atoms with E-state index < -0.39 is 0 Å². The summed E-state index contributed by atoms with van der Waals surface area (Å²) in [4.78, 5) is 29.9. The number of nitrogens with zero attached hydrogens (tertiary/aromatic N) is 4. The lowest BCUT2D eigenvalue weighted by atomic mass is 10.2. The monoisotopic (exact) mass is 437 g/mol. The molecule has 0 aliphatic carbocycles. The minimum atomic E-state index is -0.364. The van der Waals surface area contributed by atoms with E-state index in [1.165, 1.54) is 18.7 Å². The molecule has 1 aliphatic heterocycles. The number of carbonyl (C=O) groups is 2. The van der Waals surface area contributed by atoms with E-state index in [1.54, 1.807) is 34.1 Å². The molecule has 4 rings (SSSR count). The zero-order valence-corrected chi connectivity index (χ0v) is 17.3. The smallest absolute Gasteiger partial charge is 0.244 e. The van der Waals surface area contributed by atoms with Gasteiger partial charge in [0.25, 0.3) is 0 Å². The molecule has 1 saturated heterocycles. The Morgan fingerprint density at radius 1 is 1.25 bits per heavy atom. The minimum absolute atomic E-state index is 0.0847. The molecule has 0 bridgehead atoms. The van der Waals surface area contributed by atoms with Crippen LogP contribution in [0.25, 0.3) is 11.8 Å². The third-order valence-electron chi connectivity index (χ3n) is 4.80. The third kappa shape index (κ3) is 5.82. The number of aromatic nitrogens is 3. The second-order valence-electron chi connectivity index (χ2n) is 7.04. The van der Waals surface area contributed by atoms with Crippen LogP contribution in [0.5, 0.6) is 5.75 Å². The van der Waals surface area contributed by atoms with Gasteiger partial charge in [-0.1, -0.05) is 0 Å². The Morgan fingerprint density at radius 2 is 2.12 bits per heavy atom. The van der Waals surface area contributed by atoms with Crippen molar-refractivity contribution in [3.05, 3.63) is 67.2 Å². The van der Waals surface area contributed by atoms with Crippen LogP contribution in [0.4, 0.5) is 0 Å². The first-order valence-corrected chi connectivity index (χ1v) is 10.1. The number of hydrogen-bond donors (Lipinski definition) is 1. The normalized spacial score (nSPS) is 16.2. The van der Waals surface area contributed by atoms with Crippen LogP contribution in [0.3, 0.4) is 0 Å². The molecule has 3 heterocycles. The zero-order chi connectivity index (χ0) is 22.2. The van der Waals surface area contributed by atoms with E-state index in [1.807, 2.05) is 24.3 Å². The molecule has 1 N–H and O–H groups in total. The summed E-state index contributed by atoms with van der Waals surface area (Å²) < 4.78 is 18.3. The second-order valence-corrected chi connectivity index (χ2v) is 7.04. The van der Waals surface area contributed by atoms with Gasteiger partial charge in [-0.15, -0.1) is 0 Å². The molecule has 10 nitrogen and oxygen atoms in total. The lowest BCUT2D eigenvalue weighted by Crippen LogP contribution is -2.50. The van der Waals surface area contributed by atoms with Crippen molar-refractivity contribution in [2.45, 2.75) is 6.10 Å². The van der Waals surface area contributed by atoms with E-state index in [9.17, 15) is 9.59 Å². The Bertz CT molecular complexity index is 1030. The Balaban J connectivity index is 1.20. The van der Waals surface area contributed by atoms with Gasteiger partial charge in [-0.05, 0) is 42.5 Å². The van der Waals surface area contributed by atoms with E-state index in [2.05, 4.69) is 15.4 Å². The van der Waals surface area contributed by atoms with Crippen LogP contribution < -0.4 is 10.1 Å². The first-order chi connectivity index (χ1) is 15.7. The number of ether oxygens (including phenoxy) is 2. The van der Waals surface area contributed by atoms with E-state index >= 15 is 0 Å². The number of nitrogens with one attached hydrogen (secondary N) is 1. The topological polar surface area (TPSA) is 112 Å². The van der Waals surface area contributed by atoms with Crippen molar-refractivity contribution in [3.8, 4) is 11.4 Å². The molecule has 1 fully saturated rings. The summed E-state index contributed by atoms with van der Waals surface area (Å²) in [6, 6.07) is 10.9. The molecule has 0 saturated carbocycles. The fraction of sp³-hybridized carbons (Fsp3) is 0.273. The molecular formula is C22H23N5O5. The molecule has 3 aromatic rings. The highest BCUT2D eigenvalue weighted by atomic mass is 16.5. The van der Waals surface area contributed by atoms with E-state index in [0.717, 1.165) is 5.69 Å². The van der Waals surface area contributed by atoms with Crippen LogP contribution >= 0.6 is 0 Å². The number of benzene rings is 1. The molecular weight excluding hydrogens is 414 g/mol. The van der Waals surface area contributed by atoms with Gasteiger partial charge in [-0.2, -0.15) is 5.10 Å². The van der Waals surface area contributed by atoms with Gasteiger partial charge in [0.15, 0.2) is 0 Å². The van der Waals surface area contributed by atoms with Crippen LogP contribution in [0.1, 0.15) is 5.76 Å². The van der Waals surface area contributed by atoms with Crippen molar-refractivity contribution in [3.63, 3.8) is 0 Å². The molecule has 1 unspecified atom stereocenters. The fourth-order valence-corrected chi connectivity index (χ4v) is 3.15. The summed E-state index contributed by atoms with van der Waals surface area (Å²) >= 11 is 0. The molecule has 0 radical (unpaired) electrons. The highest BCUT2D eigenvalue weighted by Crippen LogP contribution is 2.16. The highest BCUT2D eigenvalue weighted by Gasteiger charge is 2.24. The van der Waals surface area contributed by atoms with Gasteiger partial charge >= 0.3 is 0 Å². The predicted octanol–water partition coefficient (Wildman–Crippen LogP) is 1.30. The van der Waals surface area contributed by atoms with Crippen molar-refractivity contribution < 1.29 is 23.5 Å². The quantitative estimate of drug-likeness (QED) is 0.529.